The van der Waals surface area contributed by atoms with Gasteiger partial charge in [0.05, 0.1) is 0 Å². The van der Waals surface area contributed by atoms with E-state index >= 15 is 0 Å². The van der Waals surface area contributed by atoms with Crippen LogP contribution in [-0.2, 0) is 5.75 Å². The first kappa shape index (κ1) is 16.3. The van der Waals surface area contributed by atoms with Gasteiger partial charge in [0.15, 0.2) is 0 Å². The quantitative estimate of drug-likeness (QED) is 0.703. The fourth-order valence-electron chi connectivity index (χ4n) is 2.45. The number of nitrogens with zero attached hydrogens (tertiary/aromatic N) is 1. The van der Waals surface area contributed by atoms with Crippen molar-refractivity contribution in [2.24, 2.45) is 0 Å². The molecule has 0 aliphatic carbocycles. The topological polar surface area (TPSA) is 42.0 Å². The van der Waals surface area contributed by atoms with Crippen LogP contribution in [0.15, 0.2) is 78.0 Å². The summed E-state index contributed by atoms with van der Waals surface area (Å²) >= 11 is 1.74. The molecule has 3 rings (SSSR count). The van der Waals surface area contributed by atoms with Crippen LogP contribution in [0.4, 0.5) is 0 Å². The zero-order valence-electron chi connectivity index (χ0n) is 13.4. The first-order valence-corrected chi connectivity index (χ1v) is 8.70. The Morgan fingerprint density at radius 2 is 1.92 bits per heavy atom. The monoisotopic (exact) mass is 334 g/mol. The highest BCUT2D eigenvalue weighted by molar-refractivity contribution is 7.98. The maximum Gasteiger partial charge on any atom is 0.251 e. The highest BCUT2D eigenvalue weighted by Gasteiger charge is 2.12. The molecule has 1 aromatic heterocycles. The summed E-state index contributed by atoms with van der Waals surface area (Å²) in [6, 6.07) is 20.0. The van der Waals surface area contributed by atoms with Gasteiger partial charge in [-0.2, -0.15) is 0 Å². The lowest BCUT2D eigenvalue weighted by molar-refractivity contribution is 0.0963. The molecule has 120 valence electrons. The molecule has 0 bridgehead atoms. The van der Waals surface area contributed by atoms with E-state index in [1.54, 1.807) is 25.0 Å². The number of aromatic nitrogens is 1. The molecule has 24 heavy (non-hydrogen) atoms. The molecule has 4 heteroatoms. The Morgan fingerprint density at radius 3 is 2.62 bits per heavy atom. The van der Waals surface area contributed by atoms with Crippen molar-refractivity contribution in [1.29, 1.82) is 0 Å². The molecule has 2 aromatic carbocycles. The van der Waals surface area contributed by atoms with Crippen LogP contribution in [0.1, 0.15) is 15.9 Å². The van der Waals surface area contributed by atoms with E-state index in [9.17, 15) is 4.79 Å². The van der Waals surface area contributed by atoms with Crippen molar-refractivity contribution in [3.05, 3.63) is 84.2 Å². The van der Waals surface area contributed by atoms with Gasteiger partial charge in [-0.1, -0.05) is 36.4 Å². The third-order valence-corrected chi connectivity index (χ3v) is 4.74. The summed E-state index contributed by atoms with van der Waals surface area (Å²) in [6.45, 7) is 0. The van der Waals surface area contributed by atoms with Crippen molar-refractivity contribution < 1.29 is 4.79 Å². The first-order chi connectivity index (χ1) is 11.8. The zero-order chi connectivity index (χ0) is 16.8. The summed E-state index contributed by atoms with van der Waals surface area (Å²) in [5.41, 5.74) is 3.86. The van der Waals surface area contributed by atoms with Crippen LogP contribution in [0, 0.1) is 0 Å². The number of pyridine rings is 1. The van der Waals surface area contributed by atoms with Gasteiger partial charge in [-0.05, 0) is 41.0 Å². The molecule has 1 heterocycles. The number of carbonyl (C=O) groups excluding carboxylic acids is 1. The van der Waals surface area contributed by atoms with Crippen LogP contribution in [0.5, 0.6) is 0 Å². The van der Waals surface area contributed by atoms with Crippen molar-refractivity contribution in [1.82, 2.24) is 10.3 Å². The standard InChI is InChI=1S/C20H18N2OS/c1-21-20(23)18-10-9-17(24-14-15-6-5-11-22-13-15)12-19(18)16-7-3-2-4-8-16/h2-13H,14H2,1H3,(H,21,23). The summed E-state index contributed by atoms with van der Waals surface area (Å²) in [6.07, 6.45) is 3.66. The van der Waals surface area contributed by atoms with Gasteiger partial charge in [-0.15, -0.1) is 11.8 Å². The van der Waals surface area contributed by atoms with Crippen molar-refractivity contribution >= 4 is 17.7 Å². The van der Waals surface area contributed by atoms with E-state index in [-0.39, 0.29) is 5.91 Å². The molecular weight excluding hydrogens is 316 g/mol. The minimum Gasteiger partial charge on any atom is -0.355 e. The van der Waals surface area contributed by atoms with E-state index in [1.165, 1.54) is 5.56 Å². The van der Waals surface area contributed by atoms with Gasteiger partial charge in [-0.25, -0.2) is 0 Å². The first-order valence-electron chi connectivity index (χ1n) is 7.71. The van der Waals surface area contributed by atoms with E-state index in [1.807, 2.05) is 54.7 Å². The van der Waals surface area contributed by atoms with Crippen LogP contribution in [0.3, 0.4) is 0 Å². The molecule has 0 aliphatic rings. The lowest BCUT2D eigenvalue weighted by atomic mass is 9.99. The Morgan fingerprint density at radius 1 is 1.08 bits per heavy atom. The summed E-state index contributed by atoms with van der Waals surface area (Å²) in [5.74, 6) is 0.777. The number of thioether (sulfide) groups is 1. The van der Waals surface area contributed by atoms with Crippen molar-refractivity contribution in [2.75, 3.05) is 7.05 Å². The molecule has 0 atom stereocenters. The van der Waals surface area contributed by atoms with E-state index in [4.69, 9.17) is 0 Å². The predicted molar refractivity (Wildman–Crippen MR) is 99.1 cm³/mol. The summed E-state index contributed by atoms with van der Waals surface area (Å²) in [5, 5.41) is 2.71. The Hall–Kier alpha value is -2.59. The number of carbonyl (C=O) groups is 1. The number of hydrogen-bond acceptors (Lipinski definition) is 3. The molecule has 1 N–H and O–H groups in total. The van der Waals surface area contributed by atoms with Gasteiger partial charge in [-0.3, -0.25) is 9.78 Å². The average molecular weight is 334 g/mol. The van der Waals surface area contributed by atoms with Crippen molar-refractivity contribution in [3.8, 4) is 11.1 Å². The second-order valence-corrected chi connectivity index (χ2v) is 6.35. The lowest BCUT2D eigenvalue weighted by Crippen LogP contribution is -2.18. The van der Waals surface area contributed by atoms with Gasteiger partial charge < -0.3 is 5.32 Å². The fraction of sp³-hybridized carbons (Fsp3) is 0.100. The van der Waals surface area contributed by atoms with Gasteiger partial charge in [0.2, 0.25) is 0 Å². The molecular formula is C20H18N2OS. The van der Waals surface area contributed by atoms with Crippen LogP contribution >= 0.6 is 11.8 Å². The molecule has 0 aliphatic heterocycles. The second-order valence-electron chi connectivity index (χ2n) is 5.30. The Balaban J connectivity index is 1.91. The molecule has 0 unspecified atom stereocenters. The predicted octanol–water partition coefficient (Wildman–Crippen LogP) is 4.40. The number of benzene rings is 2. The second kappa shape index (κ2) is 7.79. The van der Waals surface area contributed by atoms with E-state index in [2.05, 4.69) is 22.4 Å². The molecule has 1 amide bonds. The average Bonchev–Trinajstić information content (AvgIpc) is 2.67. The summed E-state index contributed by atoms with van der Waals surface area (Å²) in [4.78, 5) is 17.4. The molecule has 0 spiro atoms. The summed E-state index contributed by atoms with van der Waals surface area (Å²) in [7, 11) is 1.65. The Bertz CT molecular complexity index is 820. The number of amides is 1. The van der Waals surface area contributed by atoms with Crippen LogP contribution in [0.2, 0.25) is 0 Å². The number of hydrogen-bond donors (Lipinski definition) is 1. The van der Waals surface area contributed by atoms with Crippen LogP contribution in [0.25, 0.3) is 11.1 Å². The Kier molecular flexibility index (Phi) is 5.29. The maximum atomic E-state index is 12.2. The largest absolute Gasteiger partial charge is 0.355 e. The maximum absolute atomic E-state index is 12.2. The van der Waals surface area contributed by atoms with Crippen LogP contribution < -0.4 is 5.32 Å². The molecule has 0 fully saturated rings. The van der Waals surface area contributed by atoms with Crippen molar-refractivity contribution in [3.63, 3.8) is 0 Å². The number of nitrogens with one attached hydrogen (secondary N) is 1. The minimum atomic E-state index is -0.0716. The molecule has 3 nitrogen and oxygen atoms in total. The normalized spacial score (nSPS) is 10.4. The highest BCUT2D eigenvalue weighted by Crippen LogP contribution is 2.30. The van der Waals surface area contributed by atoms with Gasteiger partial charge in [0.25, 0.3) is 5.91 Å². The molecule has 0 saturated carbocycles. The van der Waals surface area contributed by atoms with Crippen molar-refractivity contribution in [2.45, 2.75) is 10.6 Å². The lowest BCUT2D eigenvalue weighted by Gasteiger charge is -2.11. The Labute approximate surface area is 146 Å². The van der Waals surface area contributed by atoms with Crippen LogP contribution in [-0.4, -0.2) is 17.9 Å². The number of rotatable bonds is 5. The smallest absolute Gasteiger partial charge is 0.251 e. The third kappa shape index (κ3) is 3.84. The molecule has 3 aromatic rings. The molecule has 0 radical (unpaired) electrons. The zero-order valence-corrected chi connectivity index (χ0v) is 14.2. The summed E-state index contributed by atoms with van der Waals surface area (Å²) < 4.78 is 0. The fourth-order valence-corrected chi connectivity index (χ4v) is 3.32. The van der Waals surface area contributed by atoms with Gasteiger partial charge in [0.1, 0.15) is 0 Å². The van der Waals surface area contributed by atoms with E-state index in [0.29, 0.717) is 5.56 Å². The van der Waals surface area contributed by atoms with Gasteiger partial charge >= 0.3 is 0 Å². The highest BCUT2D eigenvalue weighted by atomic mass is 32.2. The molecule has 0 saturated heterocycles. The van der Waals surface area contributed by atoms with E-state index < -0.39 is 0 Å². The third-order valence-electron chi connectivity index (χ3n) is 3.68. The SMILES string of the molecule is CNC(=O)c1ccc(SCc2cccnc2)cc1-c1ccccc1. The minimum absolute atomic E-state index is 0.0716. The van der Waals surface area contributed by atoms with Gasteiger partial charge in [0, 0.05) is 35.7 Å². The van der Waals surface area contributed by atoms with E-state index in [0.717, 1.165) is 21.8 Å².